The van der Waals surface area contributed by atoms with Crippen molar-refractivity contribution in [2.24, 2.45) is 0 Å². The third kappa shape index (κ3) is 3.54. The van der Waals surface area contributed by atoms with Crippen molar-refractivity contribution in [2.75, 3.05) is 18.0 Å². The van der Waals surface area contributed by atoms with E-state index in [9.17, 15) is 4.79 Å². The van der Waals surface area contributed by atoms with Gasteiger partial charge < -0.3 is 10.2 Å². The van der Waals surface area contributed by atoms with Crippen LogP contribution >= 0.6 is 11.3 Å². The number of amides is 1. The zero-order chi connectivity index (χ0) is 18.8. The van der Waals surface area contributed by atoms with Gasteiger partial charge >= 0.3 is 0 Å². The number of thiophene rings is 1. The number of hydrogen-bond acceptors (Lipinski definition) is 5. The minimum absolute atomic E-state index is 0.0476. The Morgan fingerprint density at radius 3 is 2.56 bits per heavy atom. The average Bonchev–Trinajstić information content (AvgIpc) is 3.33. The molecule has 1 amide bonds. The van der Waals surface area contributed by atoms with Crippen molar-refractivity contribution < 1.29 is 4.79 Å². The van der Waals surface area contributed by atoms with Gasteiger partial charge in [0.2, 0.25) is 0 Å². The summed E-state index contributed by atoms with van der Waals surface area (Å²) in [5.41, 5.74) is 3.13. The molecule has 5 nitrogen and oxygen atoms in total. The highest BCUT2D eigenvalue weighted by Crippen LogP contribution is 2.36. The molecule has 0 unspecified atom stereocenters. The number of anilines is 1. The van der Waals surface area contributed by atoms with E-state index in [1.54, 1.807) is 17.7 Å². The molecule has 27 heavy (non-hydrogen) atoms. The minimum Gasteiger partial charge on any atom is -0.356 e. The third-order valence-electron chi connectivity index (χ3n) is 5.16. The first-order valence-corrected chi connectivity index (χ1v) is 10.3. The van der Waals surface area contributed by atoms with E-state index in [2.05, 4.69) is 51.4 Å². The van der Waals surface area contributed by atoms with Crippen LogP contribution in [0.3, 0.4) is 0 Å². The molecular formula is C21H24N4OS. The van der Waals surface area contributed by atoms with E-state index in [1.807, 2.05) is 6.92 Å². The summed E-state index contributed by atoms with van der Waals surface area (Å²) in [4.78, 5) is 26.1. The molecule has 4 rings (SSSR count). The quantitative estimate of drug-likeness (QED) is 0.724. The number of aryl methyl sites for hydroxylation is 2. The van der Waals surface area contributed by atoms with E-state index in [0.29, 0.717) is 6.54 Å². The van der Waals surface area contributed by atoms with Crippen molar-refractivity contribution in [3.8, 4) is 0 Å². The fourth-order valence-corrected chi connectivity index (χ4v) is 4.62. The summed E-state index contributed by atoms with van der Waals surface area (Å²) in [5, 5.41) is 3.99. The molecule has 140 valence electrons. The first-order valence-electron chi connectivity index (χ1n) is 9.52. The summed E-state index contributed by atoms with van der Waals surface area (Å²) in [6.45, 7) is 6.64. The molecular weight excluding hydrogens is 356 g/mol. The molecule has 1 N–H and O–H groups in total. The van der Waals surface area contributed by atoms with Gasteiger partial charge in [0.15, 0.2) is 0 Å². The fourth-order valence-electron chi connectivity index (χ4n) is 3.63. The van der Waals surface area contributed by atoms with Crippen molar-refractivity contribution in [1.82, 2.24) is 15.3 Å². The smallest absolute Gasteiger partial charge is 0.253 e. The second-order valence-electron chi connectivity index (χ2n) is 6.96. The third-order valence-corrected chi connectivity index (χ3v) is 6.17. The van der Waals surface area contributed by atoms with Crippen LogP contribution in [0, 0.1) is 6.92 Å². The SMILES string of the molecule is CCc1ccc(CNC(=O)c2c(C)sc3ncnc(N4CCCC4)c23)cc1. The molecule has 3 aromatic rings. The molecule has 0 aliphatic carbocycles. The maximum absolute atomic E-state index is 13.0. The monoisotopic (exact) mass is 380 g/mol. The average molecular weight is 381 g/mol. The first kappa shape index (κ1) is 17.9. The molecule has 1 aliphatic heterocycles. The number of carbonyl (C=O) groups excluding carboxylic acids is 1. The van der Waals surface area contributed by atoms with Gasteiger partial charge in [0.05, 0.1) is 10.9 Å². The van der Waals surface area contributed by atoms with Crippen LogP contribution in [0.2, 0.25) is 0 Å². The summed E-state index contributed by atoms with van der Waals surface area (Å²) in [5.74, 6) is 0.855. The van der Waals surface area contributed by atoms with Crippen LogP contribution in [0.25, 0.3) is 10.2 Å². The Morgan fingerprint density at radius 1 is 1.15 bits per heavy atom. The maximum atomic E-state index is 13.0. The molecule has 0 spiro atoms. The minimum atomic E-state index is -0.0476. The van der Waals surface area contributed by atoms with Gasteiger partial charge in [-0.15, -0.1) is 11.3 Å². The normalized spacial score (nSPS) is 14.1. The van der Waals surface area contributed by atoms with Gasteiger partial charge in [0.1, 0.15) is 17.0 Å². The van der Waals surface area contributed by atoms with Crippen molar-refractivity contribution in [3.05, 3.63) is 52.2 Å². The Labute approximate surface area is 163 Å². The molecule has 1 saturated heterocycles. The molecule has 0 atom stereocenters. The number of rotatable bonds is 5. The van der Waals surface area contributed by atoms with Crippen molar-refractivity contribution in [3.63, 3.8) is 0 Å². The second-order valence-corrected chi connectivity index (χ2v) is 8.16. The second kappa shape index (κ2) is 7.64. The number of benzene rings is 1. The number of hydrogen-bond donors (Lipinski definition) is 1. The van der Waals surface area contributed by atoms with Gasteiger partial charge in [-0.1, -0.05) is 31.2 Å². The number of aromatic nitrogens is 2. The molecule has 1 aromatic carbocycles. The summed E-state index contributed by atoms with van der Waals surface area (Å²) in [6.07, 6.45) is 4.97. The van der Waals surface area contributed by atoms with Gasteiger partial charge in [0.25, 0.3) is 5.91 Å². The lowest BCUT2D eigenvalue weighted by molar-refractivity contribution is 0.0952. The summed E-state index contributed by atoms with van der Waals surface area (Å²) in [7, 11) is 0. The fraction of sp³-hybridized carbons (Fsp3) is 0.381. The Morgan fingerprint density at radius 2 is 1.85 bits per heavy atom. The molecule has 6 heteroatoms. The zero-order valence-electron chi connectivity index (χ0n) is 15.8. The standard InChI is InChI=1S/C21H24N4OS/c1-3-15-6-8-16(9-7-15)12-22-20(26)17-14(2)27-21-18(17)19(23-13-24-21)25-10-4-5-11-25/h6-9,13H,3-5,10-12H2,1-2H3,(H,22,26). The Bertz CT molecular complexity index is 958. The largest absolute Gasteiger partial charge is 0.356 e. The lowest BCUT2D eigenvalue weighted by Gasteiger charge is -2.17. The van der Waals surface area contributed by atoms with Gasteiger partial charge in [-0.05, 0) is 37.3 Å². The van der Waals surface area contributed by atoms with E-state index in [1.165, 1.54) is 18.4 Å². The van der Waals surface area contributed by atoms with E-state index in [4.69, 9.17) is 0 Å². The summed E-state index contributed by atoms with van der Waals surface area (Å²) >= 11 is 1.57. The number of fused-ring (bicyclic) bond motifs is 1. The lowest BCUT2D eigenvalue weighted by Crippen LogP contribution is -2.24. The first-order chi connectivity index (χ1) is 13.2. The van der Waals surface area contributed by atoms with Gasteiger partial charge in [-0.2, -0.15) is 0 Å². The Kier molecular flexibility index (Phi) is 5.07. The summed E-state index contributed by atoms with van der Waals surface area (Å²) < 4.78 is 0. The summed E-state index contributed by atoms with van der Waals surface area (Å²) in [6, 6.07) is 8.39. The van der Waals surface area contributed by atoms with E-state index < -0.39 is 0 Å². The van der Waals surface area contributed by atoms with E-state index in [-0.39, 0.29) is 5.91 Å². The highest BCUT2D eigenvalue weighted by Gasteiger charge is 2.24. The molecule has 2 aromatic heterocycles. The van der Waals surface area contributed by atoms with Gasteiger partial charge in [-0.3, -0.25) is 4.79 Å². The van der Waals surface area contributed by atoms with Gasteiger partial charge in [0, 0.05) is 24.5 Å². The predicted molar refractivity (Wildman–Crippen MR) is 111 cm³/mol. The number of nitrogens with zero attached hydrogens (tertiary/aromatic N) is 3. The van der Waals surface area contributed by atoms with Gasteiger partial charge in [-0.25, -0.2) is 9.97 Å². The Hall–Kier alpha value is -2.47. The molecule has 0 radical (unpaired) electrons. The number of carbonyl (C=O) groups is 1. The van der Waals surface area contributed by atoms with Crippen molar-refractivity contribution in [2.45, 2.75) is 39.7 Å². The Balaban J connectivity index is 1.61. The van der Waals surface area contributed by atoms with Crippen LogP contribution in [-0.4, -0.2) is 29.0 Å². The molecule has 0 bridgehead atoms. The highest BCUT2D eigenvalue weighted by molar-refractivity contribution is 7.19. The van der Waals surface area contributed by atoms with Crippen LogP contribution in [0.5, 0.6) is 0 Å². The van der Waals surface area contributed by atoms with Crippen LogP contribution in [0.4, 0.5) is 5.82 Å². The molecule has 1 fully saturated rings. The topological polar surface area (TPSA) is 58.1 Å². The number of nitrogens with one attached hydrogen (secondary N) is 1. The van der Waals surface area contributed by atoms with Crippen molar-refractivity contribution >= 4 is 33.3 Å². The maximum Gasteiger partial charge on any atom is 0.253 e. The van der Waals surface area contributed by atoms with Crippen LogP contribution in [0.15, 0.2) is 30.6 Å². The lowest BCUT2D eigenvalue weighted by atomic mass is 10.1. The predicted octanol–water partition coefficient (Wildman–Crippen LogP) is 4.09. The highest BCUT2D eigenvalue weighted by atomic mass is 32.1. The van der Waals surface area contributed by atoms with Crippen molar-refractivity contribution in [1.29, 1.82) is 0 Å². The van der Waals surface area contributed by atoms with Crippen LogP contribution in [-0.2, 0) is 13.0 Å². The molecule has 3 heterocycles. The van der Waals surface area contributed by atoms with Crippen LogP contribution < -0.4 is 10.2 Å². The molecule has 1 aliphatic rings. The zero-order valence-corrected chi connectivity index (χ0v) is 16.6. The van der Waals surface area contributed by atoms with Crippen LogP contribution in [0.1, 0.15) is 46.1 Å². The molecule has 0 saturated carbocycles. The van der Waals surface area contributed by atoms with E-state index >= 15 is 0 Å². The van der Waals surface area contributed by atoms with E-state index in [0.717, 1.165) is 51.5 Å².